The van der Waals surface area contributed by atoms with Crippen LogP contribution in [0.15, 0.2) is 12.2 Å². The first-order chi connectivity index (χ1) is 4.54. The van der Waals surface area contributed by atoms with Crippen molar-refractivity contribution in [3.05, 3.63) is 12.2 Å². The van der Waals surface area contributed by atoms with Crippen LogP contribution in [0.2, 0.25) is 0 Å². The van der Waals surface area contributed by atoms with Crippen LogP contribution in [0.4, 0.5) is 4.79 Å². The third kappa shape index (κ3) is 0.988. The molecule has 10 heavy (non-hydrogen) atoms. The largest absolute Gasteiger partial charge is 0.465 e. The predicted molar refractivity (Wildman–Crippen MR) is 37.9 cm³/mol. The van der Waals surface area contributed by atoms with Gasteiger partial charge >= 0.3 is 6.09 Å². The van der Waals surface area contributed by atoms with Crippen LogP contribution >= 0.6 is 0 Å². The van der Waals surface area contributed by atoms with Crippen LogP contribution < -0.4 is 5.32 Å². The van der Waals surface area contributed by atoms with Crippen molar-refractivity contribution in [1.82, 2.24) is 5.32 Å². The molecule has 3 nitrogen and oxygen atoms in total. The van der Waals surface area contributed by atoms with Gasteiger partial charge in [-0.05, 0) is 19.8 Å². The van der Waals surface area contributed by atoms with Gasteiger partial charge in [-0.15, -0.1) is 0 Å². The molecule has 1 aliphatic carbocycles. The Balaban J connectivity index is 2.53. The Labute approximate surface area is 59.7 Å². The topological polar surface area (TPSA) is 49.3 Å². The molecule has 0 heterocycles. The number of carboxylic acid groups (broad SMARTS) is 1. The Morgan fingerprint density at radius 3 is 2.60 bits per heavy atom. The summed E-state index contributed by atoms with van der Waals surface area (Å²) in [4.78, 5) is 10.2. The van der Waals surface area contributed by atoms with E-state index in [1.807, 2.05) is 6.92 Å². The van der Waals surface area contributed by atoms with Crippen molar-refractivity contribution in [2.24, 2.45) is 0 Å². The van der Waals surface area contributed by atoms with E-state index in [1.54, 1.807) is 0 Å². The lowest BCUT2D eigenvalue weighted by atomic mass is 9.74. The molecular formula is C7H11NO2. The fourth-order valence-electron chi connectivity index (χ4n) is 1.06. The standard InChI is InChI=1S/C7H11NO2/c1-5-3-4-7(5,2)8-6(9)10/h8H,1,3-4H2,2H3,(H,9,10). The number of carbonyl (C=O) groups is 1. The number of amides is 1. The molecule has 0 aromatic heterocycles. The maximum atomic E-state index is 10.2. The van der Waals surface area contributed by atoms with E-state index < -0.39 is 6.09 Å². The minimum absolute atomic E-state index is 0.341. The molecule has 1 saturated carbocycles. The summed E-state index contributed by atoms with van der Waals surface area (Å²) >= 11 is 0. The van der Waals surface area contributed by atoms with Gasteiger partial charge in [0.25, 0.3) is 0 Å². The summed E-state index contributed by atoms with van der Waals surface area (Å²) < 4.78 is 0. The van der Waals surface area contributed by atoms with Crippen molar-refractivity contribution in [1.29, 1.82) is 0 Å². The van der Waals surface area contributed by atoms with Gasteiger partial charge in [0.15, 0.2) is 0 Å². The lowest BCUT2D eigenvalue weighted by Crippen LogP contribution is -2.52. The second-order valence-corrected chi connectivity index (χ2v) is 2.87. The Morgan fingerprint density at radius 1 is 1.90 bits per heavy atom. The molecule has 0 spiro atoms. The van der Waals surface area contributed by atoms with Gasteiger partial charge in [0.2, 0.25) is 0 Å². The minimum atomic E-state index is -0.969. The van der Waals surface area contributed by atoms with Gasteiger partial charge in [-0.25, -0.2) is 4.79 Å². The van der Waals surface area contributed by atoms with E-state index >= 15 is 0 Å². The highest BCUT2D eigenvalue weighted by Gasteiger charge is 2.37. The lowest BCUT2D eigenvalue weighted by molar-refractivity contribution is 0.175. The summed E-state index contributed by atoms with van der Waals surface area (Å²) in [6.07, 6.45) is 0.845. The van der Waals surface area contributed by atoms with E-state index in [9.17, 15) is 4.79 Å². The van der Waals surface area contributed by atoms with Gasteiger partial charge in [-0.2, -0.15) is 0 Å². The van der Waals surface area contributed by atoms with Gasteiger partial charge in [-0.1, -0.05) is 12.2 Å². The van der Waals surface area contributed by atoms with Crippen molar-refractivity contribution in [2.75, 3.05) is 0 Å². The van der Waals surface area contributed by atoms with E-state index in [-0.39, 0.29) is 5.54 Å². The first-order valence-electron chi connectivity index (χ1n) is 3.24. The van der Waals surface area contributed by atoms with Gasteiger partial charge in [0, 0.05) is 0 Å². The summed E-state index contributed by atoms with van der Waals surface area (Å²) in [7, 11) is 0. The van der Waals surface area contributed by atoms with Crippen LogP contribution in [0.25, 0.3) is 0 Å². The van der Waals surface area contributed by atoms with Crippen molar-refractivity contribution in [3.63, 3.8) is 0 Å². The SMILES string of the molecule is C=C1CCC1(C)NC(=O)O. The van der Waals surface area contributed by atoms with Crippen molar-refractivity contribution >= 4 is 6.09 Å². The maximum absolute atomic E-state index is 10.2. The fourth-order valence-corrected chi connectivity index (χ4v) is 1.06. The molecule has 1 fully saturated rings. The van der Waals surface area contributed by atoms with Crippen LogP contribution in [0.1, 0.15) is 19.8 Å². The normalized spacial score (nSPS) is 31.1. The molecule has 0 bridgehead atoms. The molecule has 1 amide bonds. The average Bonchev–Trinajstić information content (AvgIpc) is 1.84. The average molecular weight is 141 g/mol. The van der Waals surface area contributed by atoms with Crippen LogP contribution in [0, 0.1) is 0 Å². The number of rotatable bonds is 1. The highest BCUT2D eigenvalue weighted by Crippen LogP contribution is 2.35. The van der Waals surface area contributed by atoms with Crippen molar-refractivity contribution < 1.29 is 9.90 Å². The molecule has 0 aromatic carbocycles. The monoisotopic (exact) mass is 141 g/mol. The summed E-state index contributed by atoms with van der Waals surface area (Å²) in [5.74, 6) is 0. The lowest BCUT2D eigenvalue weighted by Gasteiger charge is -2.40. The molecule has 0 saturated heterocycles. The highest BCUT2D eigenvalue weighted by molar-refractivity contribution is 5.67. The van der Waals surface area contributed by atoms with E-state index in [0.29, 0.717) is 0 Å². The second kappa shape index (κ2) is 2.01. The summed E-state index contributed by atoms with van der Waals surface area (Å²) in [6.45, 7) is 5.59. The molecule has 1 unspecified atom stereocenters. The number of nitrogens with one attached hydrogen (secondary N) is 1. The zero-order chi connectivity index (χ0) is 7.78. The van der Waals surface area contributed by atoms with Crippen LogP contribution in [0.3, 0.4) is 0 Å². The van der Waals surface area contributed by atoms with Gasteiger partial charge in [-0.3, -0.25) is 0 Å². The molecule has 0 aliphatic heterocycles. The second-order valence-electron chi connectivity index (χ2n) is 2.87. The zero-order valence-corrected chi connectivity index (χ0v) is 5.98. The van der Waals surface area contributed by atoms with Gasteiger partial charge in [0.05, 0.1) is 5.54 Å². The molecular weight excluding hydrogens is 130 g/mol. The number of hydrogen-bond donors (Lipinski definition) is 2. The molecule has 1 aliphatic rings. The molecule has 0 aromatic rings. The smallest absolute Gasteiger partial charge is 0.405 e. The molecule has 3 heteroatoms. The Hall–Kier alpha value is -0.990. The maximum Gasteiger partial charge on any atom is 0.405 e. The Kier molecular flexibility index (Phi) is 1.43. The Bertz CT molecular complexity index is 188. The van der Waals surface area contributed by atoms with Gasteiger partial charge in [0.1, 0.15) is 0 Å². The van der Waals surface area contributed by atoms with E-state index in [0.717, 1.165) is 18.4 Å². The molecule has 1 atom stereocenters. The third-order valence-electron chi connectivity index (χ3n) is 2.09. The van der Waals surface area contributed by atoms with Crippen LogP contribution in [-0.2, 0) is 0 Å². The molecule has 1 rings (SSSR count). The summed E-state index contributed by atoms with van der Waals surface area (Å²) in [5.41, 5.74) is 0.640. The van der Waals surface area contributed by atoms with Crippen LogP contribution in [-0.4, -0.2) is 16.7 Å². The fraction of sp³-hybridized carbons (Fsp3) is 0.571. The van der Waals surface area contributed by atoms with Gasteiger partial charge < -0.3 is 10.4 Å². The van der Waals surface area contributed by atoms with E-state index in [2.05, 4.69) is 11.9 Å². The number of hydrogen-bond acceptors (Lipinski definition) is 1. The van der Waals surface area contributed by atoms with E-state index in [4.69, 9.17) is 5.11 Å². The predicted octanol–water partition coefficient (Wildman–Crippen LogP) is 1.36. The van der Waals surface area contributed by atoms with E-state index in [1.165, 1.54) is 0 Å². The molecule has 56 valence electrons. The van der Waals surface area contributed by atoms with Crippen LogP contribution in [0.5, 0.6) is 0 Å². The first-order valence-corrected chi connectivity index (χ1v) is 3.24. The summed E-state index contributed by atoms with van der Waals surface area (Å²) in [6, 6.07) is 0. The zero-order valence-electron chi connectivity index (χ0n) is 5.98. The summed E-state index contributed by atoms with van der Waals surface area (Å²) in [5, 5.41) is 10.8. The quantitative estimate of drug-likeness (QED) is 0.542. The third-order valence-corrected chi connectivity index (χ3v) is 2.09. The highest BCUT2D eigenvalue weighted by atomic mass is 16.4. The van der Waals surface area contributed by atoms with Crippen molar-refractivity contribution in [2.45, 2.75) is 25.3 Å². The minimum Gasteiger partial charge on any atom is -0.465 e. The van der Waals surface area contributed by atoms with Crippen molar-refractivity contribution in [3.8, 4) is 0 Å². The molecule has 0 radical (unpaired) electrons. The molecule has 2 N–H and O–H groups in total. The Morgan fingerprint density at radius 2 is 2.50 bits per heavy atom. The first kappa shape index (κ1) is 7.12.